The molecule has 0 saturated heterocycles. The predicted octanol–water partition coefficient (Wildman–Crippen LogP) is 3.92. The maximum Gasteiger partial charge on any atom is 0.137 e. The van der Waals surface area contributed by atoms with Gasteiger partial charge in [-0.3, -0.25) is 0 Å². The van der Waals surface area contributed by atoms with Crippen LogP contribution in [0.4, 0.5) is 0 Å². The Morgan fingerprint density at radius 1 is 1.14 bits per heavy atom. The van der Waals surface area contributed by atoms with Crippen LogP contribution in [-0.4, -0.2) is 9.97 Å². The van der Waals surface area contributed by atoms with E-state index in [2.05, 4.69) is 16.0 Å². The van der Waals surface area contributed by atoms with Gasteiger partial charge in [-0.15, -0.1) is 0 Å². The summed E-state index contributed by atoms with van der Waals surface area (Å²) in [6, 6.07) is 6.07. The Hall–Kier alpha value is -1.31. The van der Waals surface area contributed by atoms with E-state index in [9.17, 15) is 0 Å². The van der Waals surface area contributed by atoms with E-state index >= 15 is 0 Å². The molecule has 2 heterocycles. The molecule has 0 aliphatic carbocycles. The van der Waals surface area contributed by atoms with E-state index in [1.165, 1.54) is 5.39 Å². The molecule has 2 heteroatoms. The Kier molecular flexibility index (Phi) is 6.46. The van der Waals surface area contributed by atoms with Crippen LogP contribution in [0.1, 0.15) is 33.4 Å². The molecule has 78 valence electrons. The van der Waals surface area contributed by atoms with Crippen LogP contribution in [0, 0.1) is 6.92 Å². The average Bonchev–Trinajstić information content (AvgIpc) is 2.64. The summed E-state index contributed by atoms with van der Waals surface area (Å²) in [6.45, 7) is 10.0. The molecule has 2 aromatic rings. The Labute approximate surface area is 86.4 Å². The van der Waals surface area contributed by atoms with Gasteiger partial charge < -0.3 is 4.98 Å². The van der Waals surface area contributed by atoms with E-state index in [-0.39, 0.29) is 0 Å². The summed E-state index contributed by atoms with van der Waals surface area (Å²) in [5.41, 5.74) is 2.13. The maximum atomic E-state index is 4.15. The van der Waals surface area contributed by atoms with Crippen molar-refractivity contribution < 1.29 is 0 Å². The summed E-state index contributed by atoms with van der Waals surface area (Å²) in [6.07, 6.45) is 1.79. The van der Waals surface area contributed by atoms with Crippen molar-refractivity contribution in [2.24, 2.45) is 0 Å². The van der Waals surface area contributed by atoms with Crippen LogP contribution in [0.15, 0.2) is 24.4 Å². The predicted molar refractivity (Wildman–Crippen MR) is 63.5 cm³/mol. The van der Waals surface area contributed by atoms with Gasteiger partial charge in [0.25, 0.3) is 0 Å². The lowest BCUT2D eigenvalue weighted by Crippen LogP contribution is -1.72. The first-order valence-electron chi connectivity index (χ1n) is 5.26. The standard InChI is InChI=1S/C8H8N2.2C2H6/c1-6-5-7-3-2-4-9-8(7)10-6;2*1-2/h2-5H,1H3,(H,9,10);2*1-2H3. The lowest BCUT2D eigenvalue weighted by atomic mass is 10.3. The zero-order valence-corrected chi connectivity index (χ0v) is 9.76. The van der Waals surface area contributed by atoms with Gasteiger partial charge in [-0.25, -0.2) is 4.98 Å². The Bertz CT molecular complexity index is 317. The highest BCUT2D eigenvalue weighted by atomic mass is 14.8. The molecule has 0 aliphatic rings. The third-order valence-electron chi connectivity index (χ3n) is 1.53. The summed E-state index contributed by atoms with van der Waals surface area (Å²) in [5.74, 6) is 0. The number of pyridine rings is 1. The van der Waals surface area contributed by atoms with Gasteiger partial charge in [-0.2, -0.15) is 0 Å². The topological polar surface area (TPSA) is 28.7 Å². The molecule has 2 nitrogen and oxygen atoms in total. The molecule has 1 N–H and O–H groups in total. The minimum atomic E-state index is 0.972. The number of H-pyrrole nitrogens is 1. The van der Waals surface area contributed by atoms with Crippen LogP contribution in [0.25, 0.3) is 11.0 Å². The number of fused-ring (bicyclic) bond motifs is 1. The number of aromatic amines is 1. The van der Waals surface area contributed by atoms with Crippen molar-refractivity contribution in [2.75, 3.05) is 0 Å². The SMILES string of the molecule is CC.CC.Cc1cc2cccnc2[nH]1. The fourth-order valence-electron chi connectivity index (χ4n) is 1.09. The summed E-state index contributed by atoms with van der Waals surface area (Å²) in [7, 11) is 0. The molecule has 0 spiro atoms. The molecule has 0 aliphatic heterocycles. The van der Waals surface area contributed by atoms with Crippen LogP contribution >= 0.6 is 0 Å². The molecular formula is C12H20N2. The zero-order chi connectivity index (χ0) is 11.0. The molecule has 0 atom stereocenters. The van der Waals surface area contributed by atoms with Crippen LogP contribution in [0.2, 0.25) is 0 Å². The highest BCUT2D eigenvalue weighted by molar-refractivity contribution is 5.75. The first-order valence-corrected chi connectivity index (χ1v) is 5.26. The van der Waals surface area contributed by atoms with Crippen molar-refractivity contribution in [1.82, 2.24) is 9.97 Å². The zero-order valence-electron chi connectivity index (χ0n) is 9.76. The fourth-order valence-corrected chi connectivity index (χ4v) is 1.09. The van der Waals surface area contributed by atoms with Gasteiger partial charge in [-0.05, 0) is 25.1 Å². The molecule has 0 fully saturated rings. The Balaban J connectivity index is 0.000000379. The van der Waals surface area contributed by atoms with E-state index < -0.39 is 0 Å². The second-order valence-corrected chi connectivity index (χ2v) is 2.39. The average molecular weight is 192 g/mol. The quantitative estimate of drug-likeness (QED) is 0.673. The molecule has 2 rings (SSSR count). The van der Waals surface area contributed by atoms with E-state index in [0.29, 0.717) is 0 Å². The van der Waals surface area contributed by atoms with Gasteiger partial charge in [0.15, 0.2) is 0 Å². The number of hydrogen-bond donors (Lipinski definition) is 1. The molecule has 0 unspecified atom stereocenters. The first-order chi connectivity index (χ1) is 6.86. The molecule has 0 aromatic carbocycles. The third-order valence-corrected chi connectivity index (χ3v) is 1.53. The van der Waals surface area contributed by atoms with Crippen LogP contribution in [-0.2, 0) is 0 Å². The van der Waals surface area contributed by atoms with Gasteiger partial charge in [0, 0.05) is 17.3 Å². The molecule has 0 bridgehead atoms. The minimum Gasteiger partial charge on any atom is -0.344 e. The van der Waals surface area contributed by atoms with Crippen molar-refractivity contribution in [2.45, 2.75) is 34.6 Å². The number of aromatic nitrogens is 2. The number of hydrogen-bond acceptors (Lipinski definition) is 1. The summed E-state index contributed by atoms with van der Waals surface area (Å²) >= 11 is 0. The highest BCUT2D eigenvalue weighted by Gasteiger charge is 1.93. The van der Waals surface area contributed by atoms with Gasteiger partial charge in [0.1, 0.15) is 5.65 Å². The number of rotatable bonds is 0. The Morgan fingerprint density at radius 3 is 2.36 bits per heavy atom. The molecule has 2 aromatic heterocycles. The van der Waals surface area contributed by atoms with E-state index in [4.69, 9.17) is 0 Å². The van der Waals surface area contributed by atoms with E-state index in [0.717, 1.165) is 11.3 Å². The lowest BCUT2D eigenvalue weighted by Gasteiger charge is -1.82. The summed E-state index contributed by atoms with van der Waals surface area (Å²) in [4.78, 5) is 7.29. The number of nitrogens with one attached hydrogen (secondary N) is 1. The molecule has 0 radical (unpaired) electrons. The van der Waals surface area contributed by atoms with E-state index in [1.807, 2.05) is 46.8 Å². The number of nitrogens with zero attached hydrogens (tertiary/aromatic N) is 1. The third kappa shape index (κ3) is 3.21. The van der Waals surface area contributed by atoms with Crippen molar-refractivity contribution in [3.63, 3.8) is 0 Å². The van der Waals surface area contributed by atoms with Crippen LogP contribution < -0.4 is 0 Å². The molecular weight excluding hydrogens is 172 g/mol. The Morgan fingerprint density at radius 2 is 1.79 bits per heavy atom. The van der Waals surface area contributed by atoms with Gasteiger partial charge >= 0.3 is 0 Å². The summed E-state index contributed by atoms with van der Waals surface area (Å²) in [5, 5.41) is 1.18. The van der Waals surface area contributed by atoms with Gasteiger partial charge in [0.05, 0.1) is 0 Å². The second kappa shape index (κ2) is 7.13. The van der Waals surface area contributed by atoms with Crippen LogP contribution in [0.3, 0.4) is 0 Å². The van der Waals surface area contributed by atoms with Crippen molar-refractivity contribution in [3.05, 3.63) is 30.1 Å². The monoisotopic (exact) mass is 192 g/mol. The van der Waals surface area contributed by atoms with E-state index in [1.54, 1.807) is 6.20 Å². The lowest BCUT2D eigenvalue weighted by molar-refractivity contribution is 1.25. The van der Waals surface area contributed by atoms with Crippen LogP contribution in [0.5, 0.6) is 0 Å². The molecule has 0 amide bonds. The van der Waals surface area contributed by atoms with Crippen molar-refractivity contribution in [3.8, 4) is 0 Å². The molecule has 0 saturated carbocycles. The number of aryl methyl sites for hydroxylation is 1. The highest BCUT2D eigenvalue weighted by Crippen LogP contribution is 2.10. The minimum absolute atomic E-state index is 0.972. The van der Waals surface area contributed by atoms with Gasteiger partial charge in [-0.1, -0.05) is 27.7 Å². The summed E-state index contributed by atoms with van der Waals surface area (Å²) < 4.78 is 0. The maximum absolute atomic E-state index is 4.15. The van der Waals surface area contributed by atoms with Crippen molar-refractivity contribution in [1.29, 1.82) is 0 Å². The van der Waals surface area contributed by atoms with Gasteiger partial charge in [0.2, 0.25) is 0 Å². The molecule has 14 heavy (non-hydrogen) atoms. The van der Waals surface area contributed by atoms with Crippen molar-refractivity contribution >= 4 is 11.0 Å². The largest absolute Gasteiger partial charge is 0.344 e. The fraction of sp³-hybridized carbons (Fsp3) is 0.417. The second-order valence-electron chi connectivity index (χ2n) is 2.39. The first kappa shape index (κ1) is 12.7. The normalized spacial score (nSPS) is 8.36. The smallest absolute Gasteiger partial charge is 0.137 e.